The largest absolute Gasteiger partial charge is 0.437 e. The van der Waals surface area contributed by atoms with E-state index in [1.807, 2.05) is 43.3 Å². The fourth-order valence-electron chi connectivity index (χ4n) is 2.49. The van der Waals surface area contributed by atoms with Crippen molar-refractivity contribution in [1.29, 1.82) is 0 Å². The van der Waals surface area contributed by atoms with Crippen LogP contribution in [0.2, 0.25) is 0 Å². The van der Waals surface area contributed by atoms with Gasteiger partial charge < -0.3 is 19.6 Å². The zero-order chi connectivity index (χ0) is 16.7. The molecule has 0 spiro atoms. The van der Waals surface area contributed by atoms with Crippen molar-refractivity contribution in [2.24, 2.45) is 0 Å². The third kappa shape index (κ3) is 2.56. The molecule has 23 heavy (non-hydrogen) atoms. The summed E-state index contributed by atoms with van der Waals surface area (Å²) in [6.45, 7) is 2.38. The van der Waals surface area contributed by atoms with Gasteiger partial charge in [-0.1, -0.05) is 18.3 Å². The molecule has 0 aromatic carbocycles. The fraction of sp³-hybridized carbons (Fsp3) is 0.333. The van der Waals surface area contributed by atoms with Crippen LogP contribution in [0.3, 0.4) is 0 Å². The highest BCUT2D eigenvalue weighted by Crippen LogP contribution is 2.40. The molecule has 0 aromatic heterocycles. The van der Waals surface area contributed by atoms with Crippen LogP contribution in [-0.4, -0.2) is 56.9 Å². The van der Waals surface area contributed by atoms with E-state index in [1.165, 1.54) is 16.7 Å². The van der Waals surface area contributed by atoms with Crippen LogP contribution in [0.15, 0.2) is 46.7 Å². The number of rotatable bonds is 1. The molecule has 3 aliphatic rings. The van der Waals surface area contributed by atoms with Gasteiger partial charge in [-0.15, -0.1) is 0 Å². The zero-order valence-electron chi connectivity index (χ0n) is 13.0. The highest BCUT2D eigenvalue weighted by molar-refractivity contribution is 8.26. The van der Waals surface area contributed by atoms with E-state index in [0.29, 0.717) is 27.4 Å². The average Bonchev–Trinajstić information content (AvgIpc) is 2.97. The van der Waals surface area contributed by atoms with E-state index in [1.54, 1.807) is 11.9 Å². The van der Waals surface area contributed by atoms with Crippen molar-refractivity contribution in [2.75, 3.05) is 20.6 Å². The van der Waals surface area contributed by atoms with E-state index in [9.17, 15) is 9.90 Å². The van der Waals surface area contributed by atoms with Crippen molar-refractivity contribution < 1.29 is 14.6 Å². The highest BCUT2D eigenvalue weighted by Gasteiger charge is 2.42. The van der Waals surface area contributed by atoms with Gasteiger partial charge in [-0.3, -0.25) is 9.69 Å². The number of aliphatic hydroxyl groups is 1. The number of aliphatic hydroxyl groups excluding tert-OH is 1. The summed E-state index contributed by atoms with van der Waals surface area (Å²) < 4.78 is 6.38. The van der Waals surface area contributed by atoms with Gasteiger partial charge in [0.1, 0.15) is 9.23 Å². The number of allylic oxidation sites excluding steroid dienone is 3. The molecule has 1 atom stereocenters. The zero-order valence-corrected chi connectivity index (χ0v) is 14.6. The molecule has 8 heteroatoms. The van der Waals surface area contributed by atoms with Crippen molar-refractivity contribution in [1.82, 2.24) is 14.7 Å². The van der Waals surface area contributed by atoms with Crippen molar-refractivity contribution in [3.63, 3.8) is 0 Å². The first-order valence-corrected chi connectivity index (χ1v) is 8.36. The summed E-state index contributed by atoms with van der Waals surface area (Å²) in [5, 5.41) is 10.5. The number of hydrogen-bond acceptors (Lipinski definition) is 7. The first kappa shape index (κ1) is 16.1. The van der Waals surface area contributed by atoms with E-state index in [-0.39, 0.29) is 5.91 Å². The molecular formula is C15H17N3O3S2. The Morgan fingerprint density at radius 2 is 2.13 bits per heavy atom. The predicted octanol–water partition coefficient (Wildman–Crippen LogP) is 1.54. The average molecular weight is 351 g/mol. The number of hydrogen-bond donors (Lipinski definition) is 1. The first-order chi connectivity index (χ1) is 11.0. The Hall–Kier alpha value is -1.77. The maximum absolute atomic E-state index is 12.5. The summed E-state index contributed by atoms with van der Waals surface area (Å²) in [6.07, 6.45) is 6.53. The number of likely N-dealkylation sites (N-methyl/N-ethyl adjacent to an activating group) is 3. The second kappa shape index (κ2) is 6.03. The van der Waals surface area contributed by atoms with Gasteiger partial charge in [0.15, 0.2) is 12.0 Å². The number of thioether (sulfide) groups is 1. The van der Waals surface area contributed by atoms with E-state index in [4.69, 9.17) is 17.0 Å². The summed E-state index contributed by atoms with van der Waals surface area (Å²) in [5.41, 5.74) is 0.743. The van der Waals surface area contributed by atoms with Gasteiger partial charge in [-0.2, -0.15) is 0 Å². The maximum Gasteiger partial charge on any atom is 0.271 e. The van der Waals surface area contributed by atoms with Crippen LogP contribution in [0.4, 0.5) is 0 Å². The van der Waals surface area contributed by atoms with Gasteiger partial charge in [-0.05, 0) is 30.8 Å². The van der Waals surface area contributed by atoms with Gasteiger partial charge in [0.2, 0.25) is 5.88 Å². The summed E-state index contributed by atoms with van der Waals surface area (Å²) in [4.78, 5) is 17.8. The molecule has 3 rings (SSSR count). The topological polar surface area (TPSA) is 56.3 Å². The molecular weight excluding hydrogens is 334 g/mol. The van der Waals surface area contributed by atoms with Crippen molar-refractivity contribution >= 4 is 34.2 Å². The SMILES string of the molecule is CCN1C(=O)/C(=C2/O/C(=C3\C=CC=CN3C)C(O)N2C)SC1=S. The molecule has 122 valence electrons. The summed E-state index contributed by atoms with van der Waals surface area (Å²) >= 11 is 6.43. The molecule has 0 aromatic rings. The minimum Gasteiger partial charge on any atom is -0.437 e. The summed E-state index contributed by atoms with van der Waals surface area (Å²) in [7, 11) is 3.56. The lowest BCUT2D eigenvalue weighted by atomic mass is 10.2. The Labute approximate surface area is 144 Å². The van der Waals surface area contributed by atoms with E-state index in [2.05, 4.69) is 0 Å². The molecule has 0 saturated carbocycles. The van der Waals surface area contributed by atoms with Crippen molar-refractivity contribution in [2.45, 2.75) is 13.2 Å². The number of amides is 1. The normalized spacial score (nSPS) is 30.8. The Kier molecular flexibility index (Phi) is 4.22. The number of nitrogens with zero attached hydrogens (tertiary/aromatic N) is 3. The molecule has 1 unspecified atom stereocenters. The second-order valence-electron chi connectivity index (χ2n) is 5.20. The Bertz CT molecular complexity index is 696. The fourth-order valence-corrected chi connectivity index (χ4v) is 3.91. The molecule has 2 fully saturated rings. The minimum absolute atomic E-state index is 0.185. The standard InChI is InChI=1S/C15H17N3O3S2/c1-4-18-13(20)11(23-15(18)22)14-17(3)12(19)10(21-14)9-7-5-6-8-16(9)2/h5-8,12,19H,4H2,1-3H3/b10-9+,14-11-. The van der Waals surface area contributed by atoms with Gasteiger partial charge in [-0.25, -0.2) is 0 Å². The van der Waals surface area contributed by atoms with Crippen LogP contribution in [0.5, 0.6) is 0 Å². The Balaban J connectivity index is 2.01. The molecule has 1 amide bonds. The molecule has 3 heterocycles. The van der Waals surface area contributed by atoms with Gasteiger partial charge in [0.25, 0.3) is 5.91 Å². The third-order valence-corrected chi connectivity index (χ3v) is 5.21. The lowest BCUT2D eigenvalue weighted by Crippen LogP contribution is -2.29. The van der Waals surface area contributed by atoms with Crippen LogP contribution in [0, 0.1) is 0 Å². The Morgan fingerprint density at radius 1 is 1.39 bits per heavy atom. The minimum atomic E-state index is -0.955. The smallest absolute Gasteiger partial charge is 0.271 e. The highest BCUT2D eigenvalue weighted by atomic mass is 32.2. The Morgan fingerprint density at radius 3 is 2.74 bits per heavy atom. The first-order valence-electron chi connectivity index (χ1n) is 7.14. The molecule has 0 bridgehead atoms. The quantitative estimate of drug-likeness (QED) is 0.568. The monoisotopic (exact) mass is 351 g/mol. The predicted molar refractivity (Wildman–Crippen MR) is 92.5 cm³/mol. The number of carbonyl (C=O) groups excluding carboxylic acids is 1. The molecule has 0 radical (unpaired) electrons. The third-order valence-electron chi connectivity index (χ3n) is 3.80. The van der Waals surface area contributed by atoms with E-state index in [0.717, 1.165) is 5.70 Å². The van der Waals surface area contributed by atoms with Gasteiger partial charge in [0, 0.05) is 26.8 Å². The van der Waals surface area contributed by atoms with Crippen LogP contribution >= 0.6 is 24.0 Å². The lowest BCUT2D eigenvalue weighted by molar-refractivity contribution is -0.122. The maximum atomic E-state index is 12.5. The van der Waals surface area contributed by atoms with E-state index < -0.39 is 6.23 Å². The number of carbonyl (C=O) groups is 1. The van der Waals surface area contributed by atoms with Gasteiger partial charge in [0.05, 0.1) is 5.70 Å². The van der Waals surface area contributed by atoms with Crippen LogP contribution < -0.4 is 0 Å². The van der Waals surface area contributed by atoms with Crippen LogP contribution in [-0.2, 0) is 9.53 Å². The molecule has 3 aliphatic heterocycles. The molecule has 6 nitrogen and oxygen atoms in total. The van der Waals surface area contributed by atoms with Crippen molar-refractivity contribution in [3.05, 3.63) is 46.7 Å². The summed E-state index contributed by atoms with van der Waals surface area (Å²) in [6, 6.07) is 0. The van der Waals surface area contributed by atoms with Crippen molar-refractivity contribution in [3.8, 4) is 0 Å². The van der Waals surface area contributed by atoms with Crippen LogP contribution in [0.25, 0.3) is 0 Å². The van der Waals surface area contributed by atoms with E-state index >= 15 is 0 Å². The molecule has 0 aliphatic carbocycles. The summed E-state index contributed by atoms with van der Waals surface area (Å²) in [5.74, 6) is 0.548. The van der Waals surface area contributed by atoms with Gasteiger partial charge >= 0.3 is 0 Å². The number of ether oxygens (including phenoxy) is 1. The molecule has 2 saturated heterocycles. The molecule has 1 N–H and O–H groups in total. The number of thiocarbonyl (C=S) groups is 1. The lowest BCUT2D eigenvalue weighted by Gasteiger charge is -2.20. The second-order valence-corrected chi connectivity index (χ2v) is 6.84. The van der Waals surface area contributed by atoms with Crippen LogP contribution in [0.1, 0.15) is 6.92 Å².